The van der Waals surface area contributed by atoms with Crippen molar-refractivity contribution in [2.24, 2.45) is 11.7 Å². The van der Waals surface area contributed by atoms with Crippen molar-refractivity contribution in [3.8, 4) is 0 Å². The number of nitrogens with zero attached hydrogens (tertiary/aromatic N) is 1. The van der Waals surface area contributed by atoms with Crippen LogP contribution in [-0.4, -0.2) is 38.4 Å². The summed E-state index contributed by atoms with van der Waals surface area (Å²) in [4.78, 5) is 21.7. The molecule has 0 saturated heterocycles. The molecule has 0 aromatic heterocycles. The average molecular weight is 393 g/mol. The highest BCUT2D eigenvalue weighted by Gasteiger charge is 2.28. The van der Waals surface area contributed by atoms with E-state index in [1.165, 1.54) is 18.2 Å². The Bertz CT molecular complexity index is 728. The van der Waals surface area contributed by atoms with Gasteiger partial charge in [-0.15, -0.1) is 12.4 Å². The van der Waals surface area contributed by atoms with Crippen LogP contribution in [0, 0.1) is 16.0 Å². The molecule has 1 aromatic carbocycles. The number of hydrogen-bond acceptors (Lipinski definition) is 6. The van der Waals surface area contributed by atoms with Crippen LogP contribution >= 0.6 is 12.4 Å². The van der Waals surface area contributed by atoms with Crippen molar-refractivity contribution >= 4 is 34.0 Å². The number of nitro groups is 1. The summed E-state index contributed by atoms with van der Waals surface area (Å²) in [5.74, 6) is -0.278. The van der Waals surface area contributed by atoms with Gasteiger partial charge in [0.2, 0.25) is 15.9 Å². The van der Waals surface area contributed by atoms with Gasteiger partial charge in [-0.25, -0.2) is 13.1 Å². The molecule has 9 nitrogen and oxygen atoms in total. The maximum atomic E-state index is 12.2. The van der Waals surface area contributed by atoms with Gasteiger partial charge < -0.3 is 11.1 Å². The van der Waals surface area contributed by atoms with E-state index in [1.54, 1.807) is 0 Å². The van der Waals surface area contributed by atoms with Gasteiger partial charge in [0.1, 0.15) is 0 Å². The number of nitrogens with two attached hydrogens (primary N) is 1. The summed E-state index contributed by atoms with van der Waals surface area (Å²) in [7, 11) is -4.02. The number of rotatable bonds is 7. The van der Waals surface area contributed by atoms with E-state index >= 15 is 0 Å². The first-order chi connectivity index (χ1) is 11.3. The first-order valence-electron chi connectivity index (χ1n) is 7.57. The second-order valence-corrected chi connectivity index (χ2v) is 7.42. The lowest BCUT2D eigenvalue weighted by Crippen LogP contribution is -2.37. The van der Waals surface area contributed by atoms with Gasteiger partial charge in [-0.1, -0.05) is 12.1 Å². The summed E-state index contributed by atoms with van der Waals surface area (Å²) in [5.41, 5.74) is 5.26. The fourth-order valence-electron chi connectivity index (χ4n) is 2.68. The van der Waals surface area contributed by atoms with Gasteiger partial charge in [-0.2, -0.15) is 0 Å². The lowest BCUT2D eigenvalue weighted by atomic mass is 10.1. The van der Waals surface area contributed by atoms with Gasteiger partial charge in [0.05, 0.1) is 4.92 Å². The number of nitrogens with one attached hydrogen (secondary N) is 2. The molecule has 2 atom stereocenters. The zero-order valence-corrected chi connectivity index (χ0v) is 15.0. The molecule has 0 spiro atoms. The third-order valence-electron chi connectivity index (χ3n) is 3.91. The summed E-state index contributed by atoms with van der Waals surface area (Å²) in [6.45, 7) is 0.0450. The first-order valence-corrected chi connectivity index (χ1v) is 9.06. The Balaban J connectivity index is 0.00000312. The Labute approximate surface area is 152 Å². The molecule has 140 valence electrons. The molecule has 25 heavy (non-hydrogen) atoms. The summed E-state index contributed by atoms with van der Waals surface area (Å²) in [6, 6.07) is 5.13. The number of benzene rings is 1. The van der Waals surface area contributed by atoms with Gasteiger partial charge in [0, 0.05) is 31.1 Å². The number of carbonyl (C=O) groups is 1. The van der Waals surface area contributed by atoms with Gasteiger partial charge in [0.25, 0.3) is 5.69 Å². The molecule has 1 aliphatic rings. The molecule has 2 unspecified atom stereocenters. The maximum Gasteiger partial charge on any atom is 0.289 e. The van der Waals surface area contributed by atoms with Crippen LogP contribution in [0.5, 0.6) is 0 Å². The molecule has 0 bridgehead atoms. The van der Waals surface area contributed by atoms with Crippen molar-refractivity contribution < 1.29 is 18.1 Å². The van der Waals surface area contributed by atoms with Crippen LogP contribution < -0.4 is 15.8 Å². The largest absolute Gasteiger partial charge is 0.355 e. The third-order valence-corrected chi connectivity index (χ3v) is 5.42. The lowest BCUT2D eigenvalue weighted by Gasteiger charge is -2.11. The van der Waals surface area contributed by atoms with Crippen molar-refractivity contribution in [3.05, 3.63) is 34.4 Å². The molecule has 1 aliphatic carbocycles. The Morgan fingerprint density at radius 3 is 2.56 bits per heavy atom. The Kier molecular flexibility index (Phi) is 7.74. The number of amides is 1. The molecule has 11 heteroatoms. The summed E-state index contributed by atoms with van der Waals surface area (Å²) in [6.07, 6.45) is 2.17. The van der Waals surface area contributed by atoms with Crippen molar-refractivity contribution in [1.82, 2.24) is 10.0 Å². The lowest BCUT2D eigenvalue weighted by molar-refractivity contribution is -0.387. The second-order valence-electron chi connectivity index (χ2n) is 5.68. The fourth-order valence-corrected chi connectivity index (χ4v) is 3.88. The minimum absolute atomic E-state index is 0. The van der Waals surface area contributed by atoms with Crippen LogP contribution in [0.1, 0.15) is 19.3 Å². The molecular weight excluding hydrogens is 372 g/mol. The van der Waals surface area contributed by atoms with E-state index in [-0.39, 0.29) is 43.4 Å². The average Bonchev–Trinajstić information content (AvgIpc) is 2.98. The molecule has 0 heterocycles. The van der Waals surface area contributed by atoms with Crippen molar-refractivity contribution in [3.63, 3.8) is 0 Å². The van der Waals surface area contributed by atoms with Gasteiger partial charge in [0.15, 0.2) is 4.90 Å². The van der Waals surface area contributed by atoms with E-state index in [1.807, 2.05) is 0 Å². The number of carbonyl (C=O) groups excluding carboxylic acids is 1. The van der Waals surface area contributed by atoms with Crippen LogP contribution in [0.15, 0.2) is 29.2 Å². The van der Waals surface area contributed by atoms with Gasteiger partial charge in [-0.05, 0) is 25.3 Å². The van der Waals surface area contributed by atoms with Crippen molar-refractivity contribution in [1.29, 1.82) is 0 Å². The van der Waals surface area contributed by atoms with Crippen LogP contribution in [0.3, 0.4) is 0 Å². The van der Waals surface area contributed by atoms with Crippen molar-refractivity contribution in [2.45, 2.75) is 30.2 Å². The number of hydrogen-bond donors (Lipinski definition) is 3. The molecule has 1 aromatic rings. The molecule has 1 amide bonds. The quantitative estimate of drug-likeness (QED) is 0.351. The topological polar surface area (TPSA) is 144 Å². The van der Waals surface area contributed by atoms with Gasteiger partial charge in [-0.3, -0.25) is 14.9 Å². The predicted octanol–water partition coefficient (Wildman–Crippen LogP) is 0.539. The van der Waals surface area contributed by atoms with E-state index < -0.39 is 25.5 Å². The predicted molar refractivity (Wildman–Crippen MR) is 93.9 cm³/mol. The van der Waals surface area contributed by atoms with E-state index in [9.17, 15) is 23.3 Å². The molecule has 1 saturated carbocycles. The zero-order valence-electron chi connectivity index (χ0n) is 13.4. The van der Waals surface area contributed by atoms with E-state index in [2.05, 4.69) is 10.0 Å². The van der Waals surface area contributed by atoms with E-state index in [0.29, 0.717) is 6.42 Å². The number of sulfonamides is 1. The Morgan fingerprint density at radius 1 is 1.28 bits per heavy atom. The summed E-state index contributed by atoms with van der Waals surface area (Å²) in [5, 5.41) is 13.6. The summed E-state index contributed by atoms with van der Waals surface area (Å²) < 4.78 is 26.6. The van der Waals surface area contributed by atoms with Crippen LogP contribution in [0.25, 0.3) is 0 Å². The van der Waals surface area contributed by atoms with E-state index in [0.717, 1.165) is 18.9 Å². The molecule has 0 aliphatic heterocycles. The number of nitro benzene ring substituents is 1. The highest BCUT2D eigenvalue weighted by molar-refractivity contribution is 7.89. The van der Waals surface area contributed by atoms with Gasteiger partial charge >= 0.3 is 0 Å². The van der Waals surface area contributed by atoms with Crippen molar-refractivity contribution in [2.75, 3.05) is 13.1 Å². The van der Waals surface area contributed by atoms with Crippen LogP contribution in [0.4, 0.5) is 5.69 Å². The maximum absolute atomic E-state index is 12.2. The number of para-hydroxylation sites is 1. The molecule has 0 radical (unpaired) electrons. The molecule has 4 N–H and O–H groups in total. The highest BCUT2D eigenvalue weighted by atomic mass is 35.5. The minimum atomic E-state index is -4.02. The Hall–Kier alpha value is -1.75. The number of halogens is 1. The minimum Gasteiger partial charge on any atom is -0.355 e. The molecule has 2 rings (SSSR count). The molecule has 1 fully saturated rings. The second kappa shape index (κ2) is 9.09. The standard InChI is InChI=1S/C14H20N4O5S.ClH/c15-11-6-5-10(9-11)14(19)16-7-8-17-24(22,23)13-4-2-1-3-12(13)18(20)21;/h1-4,10-11,17H,5-9,15H2,(H,16,19);1H. The SMILES string of the molecule is Cl.NC1CCC(C(=O)NCCNS(=O)(=O)c2ccccc2[N+](=O)[O-])C1. The smallest absolute Gasteiger partial charge is 0.289 e. The van der Waals surface area contributed by atoms with Crippen LogP contribution in [-0.2, 0) is 14.8 Å². The Morgan fingerprint density at radius 2 is 1.96 bits per heavy atom. The summed E-state index contributed by atoms with van der Waals surface area (Å²) >= 11 is 0. The molecular formula is C14H21ClN4O5S. The van der Waals surface area contributed by atoms with E-state index in [4.69, 9.17) is 5.73 Å². The zero-order chi connectivity index (χ0) is 17.7. The normalized spacial score (nSPS) is 19.9. The fraction of sp³-hybridized carbons (Fsp3) is 0.500. The van der Waals surface area contributed by atoms with Crippen LogP contribution in [0.2, 0.25) is 0 Å². The first kappa shape index (κ1) is 21.3. The monoisotopic (exact) mass is 392 g/mol. The highest BCUT2D eigenvalue weighted by Crippen LogP contribution is 2.24. The third kappa shape index (κ3) is 5.63.